The highest BCUT2D eigenvalue weighted by Crippen LogP contribution is 2.67. The second kappa shape index (κ2) is 8.85. The van der Waals surface area contributed by atoms with Crippen molar-refractivity contribution >= 4 is 11.7 Å². The van der Waals surface area contributed by atoms with Gasteiger partial charge in [-0.1, -0.05) is 49.8 Å². The quantitative estimate of drug-likeness (QED) is 0.409. The van der Waals surface area contributed by atoms with Crippen molar-refractivity contribution in [2.45, 2.75) is 83.1 Å². The lowest BCUT2D eigenvalue weighted by Crippen LogP contribution is -2.66. The van der Waals surface area contributed by atoms with Gasteiger partial charge in [0.1, 0.15) is 0 Å². The zero-order chi connectivity index (χ0) is 27.7. The van der Waals surface area contributed by atoms with Crippen molar-refractivity contribution in [1.82, 2.24) is 5.32 Å². The van der Waals surface area contributed by atoms with Crippen LogP contribution in [0.2, 0.25) is 0 Å². The predicted molar refractivity (Wildman–Crippen MR) is 129 cm³/mol. The molecule has 3 nitrogen and oxygen atoms in total. The summed E-state index contributed by atoms with van der Waals surface area (Å²) < 4.78 is 85.9. The topological polar surface area (TPSA) is 46.2 Å². The van der Waals surface area contributed by atoms with Crippen LogP contribution in [0.5, 0.6) is 0 Å². The molecule has 9 heteroatoms. The molecule has 6 atom stereocenters. The zero-order valence-electron chi connectivity index (χ0n) is 21.5. The Hall–Kier alpha value is -2.32. The highest BCUT2D eigenvalue weighted by Gasteiger charge is 2.73. The van der Waals surface area contributed by atoms with Gasteiger partial charge in [-0.3, -0.25) is 9.59 Å². The molecule has 208 valence electrons. The second-order valence-electron chi connectivity index (χ2n) is 12.2. The minimum Gasteiger partial charge on any atom is -0.331 e. The van der Waals surface area contributed by atoms with Gasteiger partial charge in [0, 0.05) is 12.3 Å². The first-order valence-electron chi connectivity index (χ1n) is 13.4. The minimum atomic E-state index is -5.79. The Morgan fingerprint density at radius 2 is 1.53 bits per heavy atom. The van der Waals surface area contributed by atoms with Crippen molar-refractivity contribution in [3.63, 3.8) is 0 Å². The summed E-state index contributed by atoms with van der Waals surface area (Å²) in [4.78, 5) is 25.6. The van der Waals surface area contributed by atoms with E-state index in [-0.39, 0.29) is 29.5 Å². The number of carbonyl (C=O) groups is 2. The third-order valence-electron chi connectivity index (χ3n) is 10.6. The number of benzene rings is 1. The maximum absolute atomic E-state index is 14.3. The summed E-state index contributed by atoms with van der Waals surface area (Å²) in [6.45, 7) is 4.08. The fourth-order valence-electron chi connectivity index (χ4n) is 8.65. The lowest BCUT2D eigenvalue weighted by Gasteiger charge is -2.58. The fourth-order valence-corrected chi connectivity index (χ4v) is 8.65. The molecule has 4 aliphatic rings. The smallest absolute Gasteiger partial charge is 0.331 e. The molecular formula is C29H33F6NO2. The lowest BCUT2D eigenvalue weighted by atomic mass is 9.47. The summed E-state index contributed by atoms with van der Waals surface area (Å²) >= 11 is 0. The number of fused-ring (bicyclic) bond motifs is 5. The molecule has 3 saturated carbocycles. The Labute approximate surface area is 218 Å². The van der Waals surface area contributed by atoms with Crippen LogP contribution in [0.4, 0.5) is 26.3 Å². The van der Waals surface area contributed by atoms with Crippen LogP contribution in [0.15, 0.2) is 42.0 Å². The van der Waals surface area contributed by atoms with Crippen molar-refractivity contribution in [3.8, 4) is 0 Å². The normalized spacial score (nSPS) is 35.6. The Morgan fingerprint density at radius 1 is 0.868 bits per heavy atom. The highest BCUT2D eigenvalue weighted by molar-refractivity contribution is 5.91. The van der Waals surface area contributed by atoms with E-state index in [2.05, 4.69) is 6.92 Å². The number of ketones is 1. The summed E-state index contributed by atoms with van der Waals surface area (Å²) in [5, 5.41) is 1.52. The average Bonchev–Trinajstić information content (AvgIpc) is 3.19. The van der Waals surface area contributed by atoms with Crippen molar-refractivity contribution in [2.24, 2.45) is 34.5 Å². The maximum atomic E-state index is 14.3. The number of allylic oxidation sites excluding steroid dienone is 1. The first-order valence-corrected chi connectivity index (χ1v) is 13.4. The maximum Gasteiger partial charge on any atom is 0.424 e. The minimum absolute atomic E-state index is 0.0379. The van der Waals surface area contributed by atoms with Gasteiger partial charge in [0.15, 0.2) is 5.78 Å². The van der Waals surface area contributed by atoms with Gasteiger partial charge in [-0.05, 0) is 85.2 Å². The van der Waals surface area contributed by atoms with Crippen LogP contribution < -0.4 is 5.32 Å². The van der Waals surface area contributed by atoms with Gasteiger partial charge in [-0.25, -0.2) is 0 Å². The molecule has 4 aliphatic carbocycles. The van der Waals surface area contributed by atoms with E-state index in [1.165, 1.54) is 17.0 Å². The number of halogens is 6. The molecule has 1 unspecified atom stereocenters. The molecule has 0 bridgehead atoms. The van der Waals surface area contributed by atoms with Gasteiger partial charge in [-0.15, -0.1) is 0 Å². The van der Waals surface area contributed by atoms with Gasteiger partial charge in [0.05, 0.1) is 0 Å². The van der Waals surface area contributed by atoms with Gasteiger partial charge in [-0.2, -0.15) is 26.3 Å². The van der Waals surface area contributed by atoms with Crippen LogP contribution in [-0.2, 0) is 15.1 Å². The van der Waals surface area contributed by atoms with Gasteiger partial charge in [0.2, 0.25) is 5.91 Å². The third kappa shape index (κ3) is 3.85. The first-order chi connectivity index (χ1) is 17.6. The van der Waals surface area contributed by atoms with E-state index in [0.29, 0.717) is 25.2 Å². The molecule has 1 N–H and O–H groups in total. The fraction of sp³-hybridized carbons (Fsp3) is 0.655. The van der Waals surface area contributed by atoms with Gasteiger partial charge < -0.3 is 5.32 Å². The summed E-state index contributed by atoms with van der Waals surface area (Å²) in [6.07, 6.45) is -4.79. The third-order valence-corrected chi connectivity index (χ3v) is 10.6. The lowest BCUT2D eigenvalue weighted by molar-refractivity contribution is -0.312. The van der Waals surface area contributed by atoms with Crippen molar-refractivity contribution in [1.29, 1.82) is 0 Å². The summed E-state index contributed by atoms with van der Waals surface area (Å²) in [7, 11) is 0. The number of amides is 1. The Kier molecular flexibility index (Phi) is 6.35. The number of hydrogen-bond donors (Lipinski definition) is 1. The number of alkyl halides is 6. The molecule has 1 aromatic rings. The highest BCUT2D eigenvalue weighted by atomic mass is 19.4. The van der Waals surface area contributed by atoms with Crippen LogP contribution in [0, 0.1) is 34.5 Å². The number of rotatable bonds is 3. The number of hydrogen-bond acceptors (Lipinski definition) is 2. The Bertz CT molecular complexity index is 1130. The molecular weight excluding hydrogens is 508 g/mol. The van der Waals surface area contributed by atoms with Crippen LogP contribution in [0.1, 0.15) is 70.8 Å². The van der Waals surface area contributed by atoms with E-state index >= 15 is 0 Å². The molecule has 0 spiro atoms. The summed E-state index contributed by atoms with van der Waals surface area (Å²) in [5.74, 6) is -1.42. The first kappa shape index (κ1) is 27.3. The summed E-state index contributed by atoms with van der Waals surface area (Å²) in [5.41, 5.74) is -5.17. The molecule has 38 heavy (non-hydrogen) atoms. The molecule has 3 fully saturated rings. The Balaban J connectivity index is 1.45. The molecule has 0 saturated heterocycles. The standard InChI is InChI=1S/C29H33F6NO2/c1-25-14-12-19(37)16-18(25)8-9-20-21-10-11-23(26(21,2)15-13-22(20)25)24(38)36-27(28(30,31)32,29(33,34)35)17-6-4-3-5-7-17/h3-7,16,20-23H,8-15H2,1-2H3,(H,36,38)/t20-,21-,22+,23?,25-,26-/m0/s1. The van der Waals surface area contributed by atoms with Crippen molar-refractivity contribution < 1.29 is 35.9 Å². The van der Waals surface area contributed by atoms with E-state index < -0.39 is 40.7 Å². The number of carbonyl (C=O) groups excluding carboxylic acids is 2. The van der Waals surface area contributed by atoms with Crippen molar-refractivity contribution in [3.05, 3.63) is 47.5 Å². The summed E-state index contributed by atoms with van der Waals surface area (Å²) in [6, 6.07) is 5.06. The van der Waals surface area contributed by atoms with Gasteiger partial charge >= 0.3 is 12.4 Å². The molecule has 0 aliphatic heterocycles. The van der Waals surface area contributed by atoms with Crippen LogP contribution in [-0.4, -0.2) is 24.0 Å². The molecule has 1 amide bonds. The Morgan fingerprint density at radius 3 is 2.16 bits per heavy atom. The van der Waals surface area contributed by atoms with Gasteiger partial charge in [0.25, 0.3) is 5.54 Å². The monoisotopic (exact) mass is 541 g/mol. The molecule has 1 aromatic carbocycles. The van der Waals surface area contributed by atoms with E-state index in [1.807, 2.05) is 6.92 Å². The molecule has 5 rings (SSSR count). The molecule has 0 radical (unpaired) electrons. The zero-order valence-corrected chi connectivity index (χ0v) is 21.5. The van der Waals surface area contributed by atoms with Crippen LogP contribution >= 0.6 is 0 Å². The largest absolute Gasteiger partial charge is 0.424 e. The van der Waals surface area contributed by atoms with E-state index in [0.717, 1.165) is 49.9 Å². The van der Waals surface area contributed by atoms with Crippen LogP contribution in [0.25, 0.3) is 0 Å². The molecule has 0 heterocycles. The SMILES string of the molecule is C[C@]12CCC(=O)C=C1CC[C@@H]1[C@H]2CC[C@]2(C)C(C(=O)NC(c3ccccc3)(C(F)(F)F)C(F)(F)F)CC[C@@H]12. The van der Waals surface area contributed by atoms with E-state index in [4.69, 9.17) is 0 Å². The van der Waals surface area contributed by atoms with E-state index in [1.54, 1.807) is 6.08 Å². The predicted octanol–water partition coefficient (Wildman–Crippen LogP) is 7.27. The second-order valence-corrected chi connectivity index (χ2v) is 12.2. The van der Waals surface area contributed by atoms with Crippen molar-refractivity contribution in [2.75, 3.05) is 0 Å². The molecule has 0 aromatic heterocycles. The van der Waals surface area contributed by atoms with E-state index in [9.17, 15) is 35.9 Å². The number of nitrogens with one attached hydrogen (secondary N) is 1. The average molecular weight is 542 g/mol. The van der Waals surface area contributed by atoms with Crippen LogP contribution in [0.3, 0.4) is 0 Å².